The lowest BCUT2D eigenvalue weighted by Crippen LogP contribution is -2.28. The van der Waals surface area contributed by atoms with Crippen molar-refractivity contribution in [3.8, 4) is 10.6 Å². The van der Waals surface area contributed by atoms with Crippen LogP contribution in [0.15, 0.2) is 35.8 Å². The van der Waals surface area contributed by atoms with Crippen LogP contribution < -0.4 is 5.32 Å². The van der Waals surface area contributed by atoms with Crippen molar-refractivity contribution in [3.05, 3.63) is 35.8 Å². The molecular weight excluding hydrogens is 316 g/mol. The van der Waals surface area contributed by atoms with Gasteiger partial charge in [-0.05, 0) is 61.1 Å². The number of fused-ring (bicyclic) bond motifs is 1. The molecule has 0 aliphatic heterocycles. The molecule has 0 radical (unpaired) electrons. The Balaban J connectivity index is 1.52. The molecule has 4 nitrogen and oxygen atoms in total. The lowest BCUT2D eigenvalue weighted by atomic mass is 9.80. The molecule has 24 heavy (non-hydrogen) atoms. The van der Waals surface area contributed by atoms with E-state index >= 15 is 0 Å². The summed E-state index contributed by atoms with van der Waals surface area (Å²) in [5.74, 6) is 2.64. The van der Waals surface area contributed by atoms with Gasteiger partial charge in [0.05, 0.1) is 11.1 Å². The molecule has 3 heterocycles. The van der Waals surface area contributed by atoms with Gasteiger partial charge in [-0.25, -0.2) is 9.50 Å². The van der Waals surface area contributed by atoms with Crippen LogP contribution in [-0.2, 0) is 0 Å². The summed E-state index contributed by atoms with van der Waals surface area (Å²) in [6.45, 7) is 4.69. The molecule has 0 bridgehead atoms. The van der Waals surface area contributed by atoms with Crippen LogP contribution in [0.4, 0.5) is 5.82 Å². The number of hydrogen-bond acceptors (Lipinski definition) is 4. The molecule has 0 amide bonds. The molecule has 1 aliphatic carbocycles. The van der Waals surface area contributed by atoms with E-state index in [1.807, 2.05) is 16.8 Å². The number of nitrogens with one attached hydrogen (secondary N) is 1. The maximum Gasteiger partial charge on any atom is 0.154 e. The zero-order valence-electron chi connectivity index (χ0n) is 14.3. The highest BCUT2D eigenvalue weighted by Crippen LogP contribution is 2.31. The zero-order chi connectivity index (χ0) is 16.5. The Kier molecular flexibility index (Phi) is 4.27. The van der Waals surface area contributed by atoms with E-state index in [2.05, 4.69) is 47.7 Å². The summed E-state index contributed by atoms with van der Waals surface area (Å²) in [5, 5.41) is 10.5. The summed E-state index contributed by atoms with van der Waals surface area (Å²) in [7, 11) is 0. The van der Waals surface area contributed by atoms with E-state index < -0.39 is 0 Å². The highest BCUT2D eigenvalue weighted by molar-refractivity contribution is 7.13. The third-order valence-corrected chi connectivity index (χ3v) is 6.09. The highest BCUT2D eigenvalue weighted by atomic mass is 32.1. The molecule has 126 valence electrons. The number of rotatable bonds is 4. The van der Waals surface area contributed by atoms with Crippen molar-refractivity contribution < 1.29 is 0 Å². The van der Waals surface area contributed by atoms with Crippen molar-refractivity contribution in [1.29, 1.82) is 0 Å². The first-order valence-corrected chi connectivity index (χ1v) is 9.74. The van der Waals surface area contributed by atoms with Crippen LogP contribution in [0.1, 0.15) is 39.5 Å². The molecular formula is C19H24N4S. The molecule has 0 saturated heterocycles. The summed E-state index contributed by atoms with van der Waals surface area (Å²) < 4.78 is 1.95. The molecule has 1 N–H and O–H groups in total. The Labute approximate surface area is 146 Å². The fourth-order valence-corrected chi connectivity index (χ4v) is 4.40. The molecule has 0 aromatic carbocycles. The maximum atomic E-state index is 4.79. The Morgan fingerprint density at radius 3 is 2.71 bits per heavy atom. The lowest BCUT2D eigenvalue weighted by Gasteiger charge is -2.31. The molecule has 0 unspecified atom stereocenters. The van der Waals surface area contributed by atoms with Gasteiger partial charge < -0.3 is 5.32 Å². The van der Waals surface area contributed by atoms with Gasteiger partial charge in [0.25, 0.3) is 0 Å². The summed E-state index contributed by atoms with van der Waals surface area (Å²) in [5.41, 5.74) is 1.96. The number of aromatic nitrogens is 3. The number of hydrogen-bond donors (Lipinski definition) is 1. The second-order valence-electron chi connectivity index (χ2n) is 7.11. The van der Waals surface area contributed by atoms with E-state index in [4.69, 9.17) is 5.10 Å². The van der Waals surface area contributed by atoms with Crippen molar-refractivity contribution in [1.82, 2.24) is 14.6 Å². The van der Waals surface area contributed by atoms with Crippen LogP contribution in [0.25, 0.3) is 16.2 Å². The van der Waals surface area contributed by atoms with E-state index in [1.54, 1.807) is 11.3 Å². The second kappa shape index (κ2) is 6.55. The number of nitrogens with zero attached hydrogens (tertiary/aromatic N) is 3. The van der Waals surface area contributed by atoms with Crippen molar-refractivity contribution in [2.24, 2.45) is 11.8 Å². The first-order chi connectivity index (χ1) is 11.7. The third kappa shape index (κ3) is 3.05. The van der Waals surface area contributed by atoms with Crippen molar-refractivity contribution in [3.63, 3.8) is 0 Å². The van der Waals surface area contributed by atoms with E-state index in [1.165, 1.54) is 30.6 Å². The smallest absolute Gasteiger partial charge is 0.154 e. The highest BCUT2D eigenvalue weighted by Gasteiger charge is 2.23. The summed E-state index contributed by atoms with van der Waals surface area (Å²) >= 11 is 1.72. The first-order valence-electron chi connectivity index (χ1n) is 8.86. The SMILES string of the molecule is CC(C)C1CCC(Nc2ccc3ncc(-c4cccs4)n3n2)CC1. The predicted octanol–water partition coefficient (Wildman–Crippen LogP) is 5.08. The Morgan fingerprint density at radius 1 is 1.17 bits per heavy atom. The molecule has 0 spiro atoms. The Morgan fingerprint density at radius 2 is 2.00 bits per heavy atom. The average molecular weight is 340 g/mol. The molecule has 0 atom stereocenters. The van der Waals surface area contributed by atoms with Gasteiger partial charge in [-0.15, -0.1) is 16.4 Å². The normalized spacial score (nSPS) is 21.5. The van der Waals surface area contributed by atoms with Gasteiger partial charge in [0, 0.05) is 6.04 Å². The van der Waals surface area contributed by atoms with E-state index in [9.17, 15) is 0 Å². The first kappa shape index (κ1) is 15.6. The minimum atomic E-state index is 0.540. The largest absolute Gasteiger partial charge is 0.366 e. The van der Waals surface area contributed by atoms with Crippen molar-refractivity contribution in [2.45, 2.75) is 45.6 Å². The Hall–Kier alpha value is -1.88. The summed E-state index contributed by atoms with van der Waals surface area (Å²) in [6, 6.07) is 8.82. The number of imidazole rings is 1. The number of thiophene rings is 1. The van der Waals surface area contributed by atoms with Gasteiger partial charge in [-0.1, -0.05) is 19.9 Å². The molecule has 1 fully saturated rings. The van der Waals surface area contributed by atoms with Crippen LogP contribution in [0, 0.1) is 11.8 Å². The molecule has 4 rings (SSSR count). The minimum Gasteiger partial charge on any atom is -0.366 e. The zero-order valence-corrected chi connectivity index (χ0v) is 15.1. The van der Waals surface area contributed by atoms with Gasteiger partial charge in [0.15, 0.2) is 5.65 Å². The van der Waals surface area contributed by atoms with E-state index in [0.29, 0.717) is 6.04 Å². The van der Waals surface area contributed by atoms with E-state index in [0.717, 1.165) is 29.0 Å². The van der Waals surface area contributed by atoms with Crippen LogP contribution in [0.3, 0.4) is 0 Å². The van der Waals surface area contributed by atoms with E-state index in [-0.39, 0.29) is 0 Å². The van der Waals surface area contributed by atoms with Gasteiger partial charge in [0.1, 0.15) is 11.5 Å². The van der Waals surface area contributed by atoms with Crippen LogP contribution in [0.2, 0.25) is 0 Å². The standard InChI is InChI=1S/C19H24N4S/c1-13(2)14-5-7-15(8-6-14)21-18-9-10-19-20-12-16(23(19)22-18)17-4-3-11-24-17/h3-4,9-15H,5-8H2,1-2H3,(H,21,22). The van der Waals surface area contributed by atoms with Crippen molar-refractivity contribution >= 4 is 22.8 Å². The maximum absolute atomic E-state index is 4.79. The van der Waals surface area contributed by atoms with Gasteiger partial charge in [-0.2, -0.15) is 0 Å². The lowest BCUT2D eigenvalue weighted by molar-refractivity contribution is 0.266. The predicted molar refractivity (Wildman–Crippen MR) is 101 cm³/mol. The van der Waals surface area contributed by atoms with Crippen LogP contribution in [0.5, 0.6) is 0 Å². The van der Waals surface area contributed by atoms with Crippen LogP contribution in [-0.4, -0.2) is 20.6 Å². The third-order valence-electron chi connectivity index (χ3n) is 5.20. The average Bonchev–Trinajstić information content (AvgIpc) is 3.24. The molecule has 5 heteroatoms. The monoisotopic (exact) mass is 340 g/mol. The quantitative estimate of drug-likeness (QED) is 0.720. The summed E-state index contributed by atoms with van der Waals surface area (Å²) in [6.07, 6.45) is 7.03. The number of anilines is 1. The van der Waals surface area contributed by atoms with Gasteiger partial charge in [-0.3, -0.25) is 0 Å². The fraction of sp³-hybridized carbons (Fsp3) is 0.474. The van der Waals surface area contributed by atoms with Crippen molar-refractivity contribution in [2.75, 3.05) is 5.32 Å². The molecule has 1 aliphatic rings. The van der Waals surface area contributed by atoms with Gasteiger partial charge >= 0.3 is 0 Å². The molecule has 1 saturated carbocycles. The van der Waals surface area contributed by atoms with Crippen LogP contribution >= 0.6 is 11.3 Å². The minimum absolute atomic E-state index is 0.540. The molecule has 3 aromatic rings. The van der Waals surface area contributed by atoms with Gasteiger partial charge in [0.2, 0.25) is 0 Å². The second-order valence-corrected chi connectivity index (χ2v) is 8.06. The Bertz CT molecular complexity index is 798. The molecule has 3 aromatic heterocycles. The summed E-state index contributed by atoms with van der Waals surface area (Å²) in [4.78, 5) is 5.67. The fourth-order valence-electron chi connectivity index (χ4n) is 3.68. The topological polar surface area (TPSA) is 42.2 Å².